The van der Waals surface area contributed by atoms with E-state index in [0.29, 0.717) is 10.6 Å². The molecule has 1 aromatic carbocycles. The quantitative estimate of drug-likeness (QED) is 0.229. The summed E-state index contributed by atoms with van der Waals surface area (Å²) in [5, 5.41) is -1.81. The average Bonchev–Trinajstić information content (AvgIpc) is 2.73. The summed E-state index contributed by atoms with van der Waals surface area (Å²) >= 11 is 18.4. The van der Waals surface area contributed by atoms with Gasteiger partial charge in [-0.3, -0.25) is 14.3 Å². The number of rotatable bonds is 5. The molecule has 0 aliphatic carbocycles. The van der Waals surface area contributed by atoms with Gasteiger partial charge in [-0.25, -0.2) is 12.8 Å². The van der Waals surface area contributed by atoms with Gasteiger partial charge in [-0.1, -0.05) is 40.9 Å². The van der Waals surface area contributed by atoms with Crippen LogP contribution in [-0.4, -0.2) is 38.2 Å². The van der Waals surface area contributed by atoms with E-state index in [0.717, 1.165) is 24.6 Å². The number of sulfone groups is 1. The van der Waals surface area contributed by atoms with E-state index >= 15 is 4.39 Å². The minimum absolute atomic E-state index is 0.233. The predicted octanol–water partition coefficient (Wildman–Crippen LogP) is 4.94. The van der Waals surface area contributed by atoms with Gasteiger partial charge in [0.15, 0.2) is 21.4 Å². The smallest absolute Gasteiger partial charge is 0.374 e. The molecule has 36 heavy (non-hydrogen) atoms. The Morgan fingerprint density at radius 1 is 1.06 bits per heavy atom. The van der Waals surface area contributed by atoms with Crippen LogP contribution in [0.5, 0.6) is 5.75 Å². The maximum Gasteiger partial charge on any atom is 0.534 e. The molecule has 3 aromatic rings. The number of hydrogen-bond donors (Lipinski definition) is 0. The van der Waals surface area contributed by atoms with Crippen molar-refractivity contribution in [2.45, 2.75) is 17.3 Å². The zero-order valence-corrected chi connectivity index (χ0v) is 21.6. The number of halogens is 7. The third-order valence-electron chi connectivity index (χ3n) is 4.57. The number of hydrogen-bond acceptors (Lipinski definition) is 7. The molecule has 2 heterocycles. The first-order chi connectivity index (χ1) is 16.4. The molecule has 2 aromatic heterocycles. The van der Waals surface area contributed by atoms with Gasteiger partial charge in [0.2, 0.25) is 0 Å². The SMILES string of the molecule is Cc1cc(OS(=O)(=O)C(F)(F)F)c(Cl)c(=O)n1-c1c(Cl)cnc(-c2cccc(S(C)(=O)=O)c2F)c1Cl. The molecule has 17 heteroatoms. The van der Waals surface area contributed by atoms with Gasteiger partial charge in [0, 0.05) is 29.8 Å². The second kappa shape index (κ2) is 9.49. The molecule has 0 amide bonds. The average molecular weight is 610 g/mol. The summed E-state index contributed by atoms with van der Waals surface area (Å²) in [4.78, 5) is 16.2. The Morgan fingerprint density at radius 2 is 1.67 bits per heavy atom. The van der Waals surface area contributed by atoms with Crippen molar-refractivity contribution in [1.29, 1.82) is 0 Å². The van der Waals surface area contributed by atoms with Crippen molar-refractivity contribution in [2.24, 2.45) is 0 Å². The van der Waals surface area contributed by atoms with Crippen LogP contribution in [0.1, 0.15) is 5.69 Å². The molecule has 0 spiro atoms. The van der Waals surface area contributed by atoms with Gasteiger partial charge in [0.25, 0.3) is 5.56 Å². The van der Waals surface area contributed by atoms with E-state index in [1.807, 2.05) is 0 Å². The van der Waals surface area contributed by atoms with Crippen molar-refractivity contribution in [3.63, 3.8) is 0 Å². The Morgan fingerprint density at radius 3 is 2.22 bits per heavy atom. The lowest BCUT2D eigenvalue weighted by Crippen LogP contribution is -2.30. The fraction of sp³-hybridized carbons (Fsp3) is 0.158. The molecular formula is C19H11Cl3F4N2O6S2. The molecule has 0 aliphatic rings. The normalized spacial score (nSPS) is 12.6. The summed E-state index contributed by atoms with van der Waals surface area (Å²) in [6.07, 6.45) is 1.74. The highest BCUT2D eigenvalue weighted by Gasteiger charge is 2.49. The van der Waals surface area contributed by atoms with Crippen molar-refractivity contribution in [3.05, 3.63) is 67.4 Å². The molecule has 0 saturated carbocycles. The number of benzene rings is 1. The minimum atomic E-state index is -6.15. The van der Waals surface area contributed by atoms with E-state index < -0.39 is 57.5 Å². The summed E-state index contributed by atoms with van der Waals surface area (Å²) in [7, 11) is -10.1. The van der Waals surface area contributed by atoms with Crippen LogP contribution in [0, 0.1) is 12.7 Å². The van der Waals surface area contributed by atoms with E-state index in [2.05, 4.69) is 9.17 Å². The van der Waals surface area contributed by atoms with Crippen LogP contribution in [0.15, 0.2) is 40.2 Å². The van der Waals surface area contributed by atoms with Crippen LogP contribution in [0.2, 0.25) is 15.1 Å². The second-order valence-corrected chi connectivity index (χ2v) is 11.8. The van der Waals surface area contributed by atoms with E-state index in [4.69, 9.17) is 34.8 Å². The lowest BCUT2D eigenvalue weighted by atomic mass is 10.1. The molecule has 0 aliphatic heterocycles. The Balaban J connectivity index is 2.28. The van der Waals surface area contributed by atoms with Crippen molar-refractivity contribution in [3.8, 4) is 22.7 Å². The molecule has 0 bridgehead atoms. The van der Waals surface area contributed by atoms with E-state index in [-0.39, 0.29) is 27.7 Å². The monoisotopic (exact) mass is 608 g/mol. The van der Waals surface area contributed by atoms with E-state index in [1.54, 1.807) is 0 Å². The Bertz CT molecular complexity index is 1670. The van der Waals surface area contributed by atoms with Gasteiger partial charge < -0.3 is 4.18 Å². The number of nitrogens with zero attached hydrogens (tertiary/aromatic N) is 2. The van der Waals surface area contributed by atoms with Crippen LogP contribution in [0.4, 0.5) is 17.6 Å². The second-order valence-electron chi connectivity index (χ2n) is 7.09. The number of aromatic nitrogens is 2. The van der Waals surface area contributed by atoms with Gasteiger partial charge in [0.05, 0.1) is 21.4 Å². The first kappa shape index (κ1) is 28.2. The summed E-state index contributed by atoms with van der Waals surface area (Å²) in [6.45, 7) is 1.17. The highest BCUT2D eigenvalue weighted by molar-refractivity contribution is 7.90. The fourth-order valence-electron chi connectivity index (χ4n) is 3.01. The molecule has 3 rings (SSSR count). The van der Waals surface area contributed by atoms with Crippen molar-refractivity contribution < 1.29 is 38.6 Å². The third-order valence-corrected chi connectivity index (χ3v) is 7.64. The summed E-state index contributed by atoms with van der Waals surface area (Å²) < 4.78 is 104. The molecule has 0 fully saturated rings. The van der Waals surface area contributed by atoms with Crippen molar-refractivity contribution >= 4 is 54.8 Å². The van der Waals surface area contributed by atoms with Crippen LogP contribution in [-0.2, 0) is 20.0 Å². The van der Waals surface area contributed by atoms with Gasteiger partial charge in [-0.15, -0.1) is 0 Å². The maximum atomic E-state index is 15.0. The van der Waals surface area contributed by atoms with Gasteiger partial charge in [-0.2, -0.15) is 21.6 Å². The highest BCUT2D eigenvalue weighted by atomic mass is 35.5. The third kappa shape index (κ3) is 5.05. The molecule has 0 unspecified atom stereocenters. The van der Waals surface area contributed by atoms with Crippen molar-refractivity contribution in [1.82, 2.24) is 9.55 Å². The fourth-order valence-corrected chi connectivity index (χ4v) is 5.07. The number of pyridine rings is 2. The molecule has 0 N–H and O–H groups in total. The van der Waals surface area contributed by atoms with E-state index in [9.17, 15) is 34.8 Å². The van der Waals surface area contributed by atoms with Gasteiger partial charge >= 0.3 is 15.6 Å². The zero-order chi connectivity index (χ0) is 27.4. The summed E-state index contributed by atoms with van der Waals surface area (Å²) in [5.41, 5.74) is -8.35. The predicted molar refractivity (Wildman–Crippen MR) is 124 cm³/mol. The Hall–Kier alpha value is -2.39. The molecular weight excluding hydrogens is 599 g/mol. The van der Waals surface area contributed by atoms with Crippen LogP contribution in [0.3, 0.4) is 0 Å². The van der Waals surface area contributed by atoms with Crippen LogP contribution < -0.4 is 9.74 Å². The van der Waals surface area contributed by atoms with Crippen LogP contribution >= 0.6 is 34.8 Å². The number of alkyl halides is 3. The standard InChI is InChI=1S/C19H11Cl3F4N2O6S2/c1-8-6-11(34-36(32,33)19(24,25)26)13(21)18(29)28(8)17-10(20)7-27-16(14(17)22)9-4-3-5-12(15(9)23)35(2,30)31/h3-7H,1-2H3. The van der Waals surface area contributed by atoms with E-state index in [1.165, 1.54) is 13.0 Å². The first-order valence-electron chi connectivity index (χ1n) is 9.14. The lowest BCUT2D eigenvalue weighted by molar-refractivity contribution is -0.0500. The molecule has 8 nitrogen and oxygen atoms in total. The van der Waals surface area contributed by atoms with Crippen LogP contribution in [0.25, 0.3) is 16.9 Å². The van der Waals surface area contributed by atoms with Crippen molar-refractivity contribution in [2.75, 3.05) is 6.26 Å². The molecule has 0 saturated heterocycles. The molecule has 194 valence electrons. The summed E-state index contributed by atoms with van der Waals surface area (Å²) in [6, 6.07) is 4.12. The molecule has 0 radical (unpaired) electrons. The minimum Gasteiger partial charge on any atom is -0.374 e. The first-order valence-corrected chi connectivity index (χ1v) is 13.6. The maximum absolute atomic E-state index is 15.0. The molecule has 0 atom stereocenters. The topological polar surface area (TPSA) is 112 Å². The zero-order valence-electron chi connectivity index (χ0n) is 17.7. The highest BCUT2D eigenvalue weighted by Crippen LogP contribution is 2.39. The Labute approximate surface area is 216 Å². The number of aryl methyl sites for hydroxylation is 1. The largest absolute Gasteiger partial charge is 0.534 e. The Kier molecular flexibility index (Phi) is 7.43. The lowest BCUT2D eigenvalue weighted by Gasteiger charge is -2.18. The summed E-state index contributed by atoms with van der Waals surface area (Å²) in [5.74, 6) is -2.30. The van der Waals surface area contributed by atoms with Gasteiger partial charge in [0.1, 0.15) is 9.92 Å². The van der Waals surface area contributed by atoms with Gasteiger partial charge in [-0.05, 0) is 19.1 Å².